The van der Waals surface area contributed by atoms with E-state index in [4.69, 9.17) is 32.4 Å². The number of rotatable bonds is 9. The van der Waals surface area contributed by atoms with Crippen molar-refractivity contribution in [3.8, 4) is 5.75 Å². The lowest BCUT2D eigenvalue weighted by Crippen LogP contribution is -2.30. The summed E-state index contributed by atoms with van der Waals surface area (Å²) in [5, 5.41) is 0.698. The van der Waals surface area contributed by atoms with Gasteiger partial charge in [-0.3, -0.25) is 9.69 Å². The fraction of sp³-hybridized carbons (Fsp3) is 0.0667. The van der Waals surface area contributed by atoms with Gasteiger partial charge in [0.15, 0.2) is 5.76 Å². The number of ether oxygens (including phenoxy) is 1. The smallest absolute Gasteiger partial charge is 0.295 e. The number of carbonyl (C=O) groups excluding carboxylic acids is 1. The molecule has 0 aliphatic heterocycles. The van der Waals surface area contributed by atoms with Crippen LogP contribution in [0, 0.1) is 0 Å². The molecule has 1 amide bonds. The van der Waals surface area contributed by atoms with E-state index in [1.807, 2.05) is 42.5 Å². The molecule has 0 aliphatic carbocycles. The van der Waals surface area contributed by atoms with E-state index in [1.165, 1.54) is 41.3 Å². The summed E-state index contributed by atoms with van der Waals surface area (Å²) in [4.78, 5) is 19.3. The number of hydrogen-bond acceptors (Lipinski definition) is 6. The molecule has 202 valence electrons. The molecule has 2 heterocycles. The molecule has 2 aromatic heterocycles. The highest BCUT2D eigenvalue weighted by atomic mass is 35.5. The van der Waals surface area contributed by atoms with Crippen LogP contribution >= 0.6 is 23.2 Å². The second-order valence-corrected chi connectivity index (χ2v) is 11.5. The second-order valence-electron chi connectivity index (χ2n) is 8.72. The Labute approximate surface area is 241 Å². The van der Waals surface area contributed by atoms with Gasteiger partial charge >= 0.3 is 0 Å². The van der Waals surface area contributed by atoms with Crippen molar-refractivity contribution in [2.45, 2.75) is 23.1 Å². The van der Waals surface area contributed by atoms with Gasteiger partial charge in [0.1, 0.15) is 18.2 Å². The van der Waals surface area contributed by atoms with Crippen LogP contribution in [-0.2, 0) is 23.0 Å². The molecular formula is C30H22Cl2N2O5S. The first kappa shape index (κ1) is 27.5. The Morgan fingerprint density at radius 2 is 1.60 bits per heavy atom. The summed E-state index contributed by atoms with van der Waals surface area (Å²) in [5.74, 6) is 0.354. The molecule has 0 N–H and O–H groups in total. The number of nitrogens with zero attached hydrogens (tertiary/aromatic N) is 2. The second kappa shape index (κ2) is 12.0. The zero-order valence-corrected chi connectivity index (χ0v) is 23.2. The van der Waals surface area contributed by atoms with Crippen molar-refractivity contribution in [3.63, 3.8) is 0 Å². The highest BCUT2D eigenvalue weighted by molar-refractivity contribution is 7.91. The minimum Gasteiger partial charge on any atom is -0.489 e. The van der Waals surface area contributed by atoms with Crippen LogP contribution in [0.25, 0.3) is 0 Å². The van der Waals surface area contributed by atoms with Crippen molar-refractivity contribution in [1.29, 1.82) is 0 Å². The largest absolute Gasteiger partial charge is 0.489 e. The standard InChI is InChI=1S/C30H22Cl2N2O5S/c31-23-9-13-26(14-10-23)40(36,37)29-16-15-27(39-29)30(35)34(28-6-1-2-17-33-28)19-21-7-11-25(12-8-21)38-20-22-4-3-5-24(32)18-22/h1-18H,19-20H2. The van der Waals surface area contributed by atoms with Crippen molar-refractivity contribution in [2.24, 2.45) is 0 Å². The van der Waals surface area contributed by atoms with Crippen molar-refractivity contribution in [1.82, 2.24) is 4.98 Å². The van der Waals surface area contributed by atoms with Crippen LogP contribution in [0.3, 0.4) is 0 Å². The van der Waals surface area contributed by atoms with Gasteiger partial charge in [-0.2, -0.15) is 0 Å². The van der Waals surface area contributed by atoms with Crippen LogP contribution < -0.4 is 9.64 Å². The first-order valence-electron chi connectivity index (χ1n) is 12.1. The van der Waals surface area contributed by atoms with E-state index in [0.717, 1.165) is 11.1 Å². The minimum absolute atomic E-state index is 0.00417. The molecule has 10 heteroatoms. The van der Waals surface area contributed by atoms with Gasteiger partial charge in [0, 0.05) is 16.2 Å². The molecule has 0 atom stereocenters. The molecule has 0 aliphatic rings. The SMILES string of the molecule is O=C(c1ccc(S(=O)(=O)c2ccc(Cl)cc2)o1)N(Cc1ccc(OCc2cccc(Cl)c2)cc1)c1ccccn1. The number of furan rings is 1. The molecular weight excluding hydrogens is 571 g/mol. The first-order chi connectivity index (χ1) is 19.3. The molecule has 0 bridgehead atoms. The summed E-state index contributed by atoms with van der Waals surface area (Å²) in [6, 6.07) is 28.2. The van der Waals surface area contributed by atoms with Crippen molar-refractivity contribution in [3.05, 3.63) is 136 Å². The molecule has 0 saturated heterocycles. The van der Waals surface area contributed by atoms with Gasteiger partial charge in [-0.05, 0) is 83.9 Å². The number of pyridine rings is 1. The Hall–Kier alpha value is -4.11. The Morgan fingerprint density at radius 1 is 0.825 bits per heavy atom. The van der Waals surface area contributed by atoms with Crippen molar-refractivity contribution >= 4 is 44.8 Å². The maximum atomic E-state index is 13.6. The molecule has 0 unspecified atom stereocenters. The Morgan fingerprint density at radius 3 is 2.30 bits per heavy atom. The monoisotopic (exact) mass is 592 g/mol. The fourth-order valence-electron chi connectivity index (χ4n) is 3.88. The topological polar surface area (TPSA) is 89.7 Å². The van der Waals surface area contributed by atoms with E-state index in [0.29, 0.717) is 28.2 Å². The zero-order valence-electron chi connectivity index (χ0n) is 20.9. The third kappa shape index (κ3) is 6.37. The van der Waals surface area contributed by atoms with Gasteiger partial charge in [-0.15, -0.1) is 0 Å². The summed E-state index contributed by atoms with van der Waals surface area (Å²) in [6.45, 7) is 0.516. The normalized spacial score (nSPS) is 11.2. The van der Waals surface area contributed by atoms with Crippen LogP contribution in [0.5, 0.6) is 5.75 Å². The van der Waals surface area contributed by atoms with E-state index in [-0.39, 0.29) is 22.3 Å². The first-order valence-corrected chi connectivity index (χ1v) is 14.3. The molecule has 3 aromatic carbocycles. The number of anilines is 1. The lowest BCUT2D eigenvalue weighted by atomic mass is 10.2. The van der Waals surface area contributed by atoms with Crippen LogP contribution in [0.2, 0.25) is 10.0 Å². The molecule has 0 saturated carbocycles. The van der Waals surface area contributed by atoms with Crippen molar-refractivity contribution < 1.29 is 22.4 Å². The molecule has 0 spiro atoms. The lowest BCUT2D eigenvalue weighted by molar-refractivity contribution is 0.0952. The third-order valence-corrected chi connectivity index (χ3v) is 8.04. The summed E-state index contributed by atoms with van der Waals surface area (Å²) in [5.41, 5.74) is 1.74. The number of hydrogen-bond donors (Lipinski definition) is 0. The van der Waals surface area contributed by atoms with E-state index in [2.05, 4.69) is 4.98 Å². The minimum atomic E-state index is -3.98. The summed E-state index contributed by atoms with van der Waals surface area (Å²) in [7, 11) is -3.98. The van der Waals surface area contributed by atoms with Crippen molar-refractivity contribution in [2.75, 3.05) is 4.90 Å². The van der Waals surface area contributed by atoms with E-state index >= 15 is 0 Å². The van der Waals surface area contributed by atoms with Crippen LogP contribution in [-0.4, -0.2) is 19.3 Å². The molecule has 40 heavy (non-hydrogen) atoms. The van der Waals surface area contributed by atoms with E-state index < -0.39 is 15.7 Å². The number of carbonyl (C=O) groups is 1. The predicted octanol–water partition coefficient (Wildman–Crippen LogP) is 7.24. The van der Waals surface area contributed by atoms with Gasteiger partial charge in [-0.1, -0.05) is 53.5 Å². The average molecular weight is 593 g/mol. The van der Waals surface area contributed by atoms with Crippen LogP contribution in [0.1, 0.15) is 21.7 Å². The van der Waals surface area contributed by atoms with Gasteiger partial charge in [0.2, 0.25) is 14.9 Å². The maximum Gasteiger partial charge on any atom is 0.295 e. The lowest BCUT2D eigenvalue weighted by Gasteiger charge is -2.21. The maximum absolute atomic E-state index is 13.6. The summed E-state index contributed by atoms with van der Waals surface area (Å²) < 4.78 is 37.4. The molecule has 5 rings (SSSR count). The number of sulfone groups is 1. The predicted molar refractivity (Wildman–Crippen MR) is 153 cm³/mol. The number of aromatic nitrogens is 1. The Bertz CT molecular complexity index is 1720. The molecule has 7 nitrogen and oxygen atoms in total. The van der Waals surface area contributed by atoms with E-state index in [1.54, 1.807) is 30.5 Å². The molecule has 5 aromatic rings. The number of amides is 1. The highest BCUT2D eigenvalue weighted by Gasteiger charge is 2.27. The third-order valence-electron chi connectivity index (χ3n) is 5.91. The van der Waals surface area contributed by atoms with Gasteiger partial charge in [0.25, 0.3) is 5.91 Å². The van der Waals surface area contributed by atoms with Gasteiger partial charge < -0.3 is 9.15 Å². The Balaban J connectivity index is 1.35. The average Bonchev–Trinajstić information content (AvgIpc) is 3.47. The fourth-order valence-corrected chi connectivity index (χ4v) is 5.39. The molecule has 0 radical (unpaired) electrons. The van der Waals surface area contributed by atoms with E-state index in [9.17, 15) is 13.2 Å². The zero-order chi connectivity index (χ0) is 28.1. The highest BCUT2D eigenvalue weighted by Crippen LogP contribution is 2.26. The molecule has 0 fully saturated rings. The van der Waals surface area contributed by atoms with Crippen LogP contribution in [0.15, 0.2) is 124 Å². The number of halogens is 2. The van der Waals surface area contributed by atoms with Gasteiger partial charge in [-0.25, -0.2) is 13.4 Å². The number of benzene rings is 3. The summed E-state index contributed by atoms with van der Waals surface area (Å²) in [6.07, 6.45) is 1.57. The summed E-state index contributed by atoms with van der Waals surface area (Å²) >= 11 is 11.9. The quantitative estimate of drug-likeness (QED) is 0.179. The van der Waals surface area contributed by atoms with Gasteiger partial charge in [0.05, 0.1) is 11.4 Å². The Kier molecular flexibility index (Phi) is 8.21. The van der Waals surface area contributed by atoms with Crippen LogP contribution in [0.4, 0.5) is 5.82 Å².